The van der Waals surface area contributed by atoms with Gasteiger partial charge in [0.15, 0.2) is 5.76 Å². The molecule has 0 spiro atoms. The summed E-state index contributed by atoms with van der Waals surface area (Å²) in [4.78, 5) is 4.07. The molecule has 2 aromatic heterocycles. The van der Waals surface area contributed by atoms with Gasteiger partial charge in [0, 0.05) is 6.20 Å². The summed E-state index contributed by atoms with van der Waals surface area (Å²) in [5.41, 5.74) is 7.63. The second kappa shape index (κ2) is 3.46. The Balaban J connectivity index is 2.62. The van der Waals surface area contributed by atoms with Crippen molar-refractivity contribution in [1.82, 2.24) is 4.98 Å². The fraction of sp³-hybridized carbons (Fsp3) is 0.100. The molecular formula is C10H9BrN2O. The van der Waals surface area contributed by atoms with Crippen molar-refractivity contribution >= 4 is 21.7 Å². The van der Waals surface area contributed by atoms with Gasteiger partial charge >= 0.3 is 0 Å². The van der Waals surface area contributed by atoms with Crippen LogP contribution in [0.1, 0.15) is 5.56 Å². The quantitative estimate of drug-likeness (QED) is 0.849. The van der Waals surface area contributed by atoms with Crippen LogP contribution < -0.4 is 5.73 Å². The van der Waals surface area contributed by atoms with Crippen molar-refractivity contribution < 1.29 is 4.42 Å². The number of hydrogen-bond donors (Lipinski definition) is 1. The molecule has 0 atom stereocenters. The van der Waals surface area contributed by atoms with E-state index < -0.39 is 0 Å². The molecule has 0 aliphatic carbocycles. The minimum atomic E-state index is 0.478. The van der Waals surface area contributed by atoms with E-state index in [1.807, 2.05) is 19.1 Å². The number of furan rings is 1. The van der Waals surface area contributed by atoms with Crippen LogP contribution in [0.5, 0.6) is 0 Å². The molecule has 2 rings (SSSR count). The molecule has 3 nitrogen and oxygen atoms in total. The highest BCUT2D eigenvalue weighted by Crippen LogP contribution is 2.32. The molecular weight excluding hydrogens is 244 g/mol. The van der Waals surface area contributed by atoms with E-state index in [4.69, 9.17) is 10.2 Å². The largest absolute Gasteiger partial charge is 0.463 e. The van der Waals surface area contributed by atoms with Crippen LogP contribution in [0.3, 0.4) is 0 Å². The van der Waals surface area contributed by atoms with Crippen molar-refractivity contribution in [1.29, 1.82) is 0 Å². The number of hydrogen-bond acceptors (Lipinski definition) is 3. The lowest BCUT2D eigenvalue weighted by Crippen LogP contribution is -1.94. The maximum Gasteiger partial charge on any atom is 0.151 e. The highest BCUT2D eigenvalue weighted by Gasteiger charge is 2.10. The third-order valence-corrected chi connectivity index (χ3v) is 2.54. The minimum Gasteiger partial charge on any atom is -0.463 e. The third kappa shape index (κ3) is 1.53. The van der Waals surface area contributed by atoms with Crippen molar-refractivity contribution in [3.8, 4) is 11.3 Å². The molecule has 0 aliphatic rings. The average Bonchev–Trinajstić information content (AvgIpc) is 2.56. The van der Waals surface area contributed by atoms with Gasteiger partial charge in [-0.2, -0.15) is 0 Å². The molecule has 4 heteroatoms. The first-order chi connectivity index (χ1) is 6.68. The van der Waals surface area contributed by atoms with Crippen molar-refractivity contribution in [2.75, 3.05) is 5.73 Å². The van der Waals surface area contributed by atoms with Gasteiger partial charge in [-0.1, -0.05) is 0 Å². The molecule has 0 aliphatic heterocycles. The minimum absolute atomic E-state index is 0.478. The van der Waals surface area contributed by atoms with Gasteiger partial charge < -0.3 is 10.2 Å². The molecule has 0 bridgehead atoms. The first-order valence-corrected chi connectivity index (χ1v) is 4.93. The predicted octanol–water partition coefficient (Wildman–Crippen LogP) is 2.99. The second-order valence-electron chi connectivity index (χ2n) is 3.04. The summed E-state index contributed by atoms with van der Waals surface area (Å²) in [5.74, 6) is 1.20. The summed E-state index contributed by atoms with van der Waals surface area (Å²) in [5, 5.41) is 0. The topological polar surface area (TPSA) is 52.0 Å². The van der Waals surface area contributed by atoms with Crippen LogP contribution in [0.15, 0.2) is 33.5 Å². The Morgan fingerprint density at radius 3 is 2.93 bits per heavy atom. The standard InChI is InChI=1S/C10H9BrN2O/c1-6-4-7(10(12)13-5-6)9-8(11)2-3-14-9/h2-5H,1H3,(H2,12,13). The average molecular weight is 253 g/mol. The van der Waals surface area contributed by atoms with Crippen molar-refractivity contribution in [2.24, 2.45) is 0 Å². The first-order valence-electron chi connectivity index (χ1n) is 4.14. The molecule has 0 saturated carbocycles. The van der Waals surface area contributed by atoms with E-state index in [2.05, 4.69) is 20.9 Å². The van der Waals surface area contributed by atoms with Crippen LogP contribution in [-0.2, 0) is 0 Å². The number of nitrogen functional groups attached to an aromatic ring is 1. The zero-order chi connectivity index (χ0) is 10.1. The van der Waals surface area contributed by atoms with Gasteiger partial charge in [0.25, 0.3) is 0 Å². The highest BCUT2D eigenvalue weighted by atomic mass is 79.9. The molecule has 2 heterocycles. The van der Waals surface area contributed by atoms with Crippen LogP contribution in [0.4, 0.5) is 5.82 Å². The van der Waals surface area contributed by atoms with Crippen LogP contribution >= 0.6 is 15.9 Å². The highest BCUT2D eigenvalue weighted by molar-refractivity contribution is 9.10. The summed E-state index contributed by atoms with van der Waals surface area (Å²) in [6.45, 7) is 1.97. The Labute approximate surface area is 90.1 Å². The number of halogens is 1. The van der Waals surface area contributed by atoms with E-state index in [-0.39, 0.29) is 0 Å². The lowest BCUT2D eigenvalue weighted by atomic mass is 10.1. The summed E-state index contributed by atoms with van der Waals surface area (Å²) in [6.07, 6.45) is 3.34. The number of pyridine rings is 1. The van der Waals surface area contributed by atoms with Crippen LogP contribution in [0.25, 0.3) is 11.3 Å². The number of nitrogens with zero attached hydrogens (tertiary/aromatic N) is 1. The monoisotopic (exact) mass is 252 g/mol. The smallest absolute Gasteiger partial charge is 0.151 e. The van der Waals surface area contributed by atoms with E-state index in [0.29, 0.717) is 5.82 Å². The zero-order valence-corrected chi connectivity index (χ0v) is 9.21. The third-order valence-electron chi connectivity index (χ3n) is 1.92. The molecule has 72 valence electrons. The maximum absolute atomic E-state index is 5.76. The van der Waals surface area contributed by atoms with Gasteiger partial charge in [-0.3, -0.25) is 0 Å². The normalized spacial score (nSPS) is 10.4. The number of anilines is 1. The van der Waals surface area contributed by atoms with Gasteiger partial charge in [-0.25, -0.2) is 4.98 Å². The van der Waals surface area contributed by atoms with Crippen LogP contribution in [0.2, 0.25) is 0 Å². The van der Waals surface area contributed by atoms with Crippen molar-refractivity contribution in [2.45, 2.75) is 6.92 Å². The summed E-state index contributed by atoms with van der Waals surface area (Å²) in [6, 6.07) is 3.78. The zero-order valence-electron chi connectivity index (χ0n) is 7.62. The molecule has 0 amide bonds. The summed E-state index contributed by atoms with van der Waals surface area (Å²) >= 11 is 3.38. The Bertz CT molecular complexity index is 465. The fourth-order valence-corrected chi connectivity index (χ4v) is 1.66. The molecule has 0 radical (unpaired) electrons. The Morgan fingerprint density at radius 1 is 1.50 bits per heavy atom. The van der Waals surface area contributed by atoms with E-state index >= 15 is 0 Å². The van der Waals surface area contributed by atoms with Gasteiger partial charge in [0.05, 0.1) is 16.3 Å². The lowest BCUT2D eigenvalue weighted by Gasteiger charge is -2.03. The molecule has 2 aromatic rings. The molecule has 0 fully saturated rings. The molecule has 14 heavy (non-hydrogen) atoms. The molecule has 2 N–H and O–H groups in total. The fourth-order valence-electron chi connectivity index (χ4n) is 1.25. The lowest BCUT2D eigenvalue weighted by molar-refractivity contribution is 0.581. The van der Waals surface area contributed by atoms with Gasteiger partial charge in [-0.15, -0.1) is 0 Å². The van der Waals surface area contributed by atoms with E-state index in [1.54, 1.807) is 12.5 Å². The Morgan fingerprint density at radius 2 is 2.29 bits per heavy atom. The summed E-state index contributed by atoms with van der Waals surface area (Å²) in [7, 11) is 0. The van der Waals surface area contributed by atoms with E-state index in [0.717, 1.165) is 21.4 Å². The number of rotatable bonds is 1. The maximum atomic E-state index is 5.76. The van der Waals surface area contributed by atoms with Crippen molar-refractivity contribution in [3.63, 3.8) is 0 Å². The second-order valence-corrected chi connectivity index (χ2v) is 3.90. The molecule has 0 saturated heterocycles. The number of aromatic nitrogens is 1. The van der Waals surface area contributed by atoms with Crippen LogP contribution in [-0.4, -0.2) is 4.98 Å². The number of nitrogens with two attached hydrogens (primary N) is 1. The van der Waals surface area contributed by atoms with Crippen LogP contribution in [0, 0.1) is 6.92 Å². The van der Waals surface area contributed by atoms with Gasteiger partial charge in [0.2, 0.25) is 0 Å². The van der Waals surface area contributed by atoms with E-state index in [1.165, 1.54) is 0 Å². The summed E-state index contributed by atoms with van der Waals surface area (Å²) < 4.78 is 6.21. The predicted molar refractivity (Wildman–Crippen MR) is 58.8 cm³/mol. The number of aryl methyl sites for hydroxylation is 1. The van der Waals surface area contributed by atoms with Gasteiger partial charge in [-0.05, 0) is 40.5 Å². The first kappa shape index (κ1) is 9.27. The Kier molecular flexibility index (Phi) is 2.29. The van der Waals surface area contributed by atoms with E-state index in [9.17, 15) is 0 Å². The van der Waals surface area contributed by atoms with Crippen molar-refractivity contribution in [3.05, 3.63) is 34.6 Å². The Hall–Kier alpha value is -1.29. The molecule has 0 aromatic carbocycles. The SMILES string of the molecule is Cc1cnc(N)c(-c2occc2Br)c1. The molecule has 0 unspecified atom stereocenters. The van der Waals surface area contributed by atoms with Gasteiger partial charge in [0.1, 0.15) is 5.82 Å².